The van der Waals surface area contributed by atoms with Crippen LogP contribution < -0.4 is 14.8 Å². The third-order valence-corrected chi connectivity index (χ3v) is 6.35. The quantitative estimate of drug-likeness (QED) is 0.261. The molecule has 12 nitrogen and oxygen atoms in total. The van der Waals surface area contributed by atoms with E-state index in [1.165, 1.54) is 26.3 Å². The second-order valence-electron chi connectivity index (χ2n) is 10.1. The molecule has 0 bridgehead atoms. The van der Waals surface area contributed by atoms with E-state index in [2.05, 4.69) is 24.1 Å². The Morgan fingerprint density at radius 1 is 1.18 bits per heavy atom. The molecule has 0 aliphatic carbocycles. The largest absolute Gasteiger partial charge is 0.493 e. The van der Waals surface area contributed by atoms with Gasteiger partial charge in [0.05, 0.1) is 19.3 Å². The zero-order chi connectivity index (χ0) is 29.7. The smallest absolute Gasteiger partial charge is 0.329 e. The SMILES string of the molecule is COc1ccnc(C(=O)N[C@H]2CCC[C@H](OCC(C)C)[C@@H](OCCC(C)OC)[C@H](C)OC2=O)c1OCOC(C)=O. The van der Waals surface area contributed by atoms with Crippen LogP contribution in [-0.4, -0.2) is 87.5 Å². The van der Waals surface area contributed by atoms with Gasteiger partial charge < -0.3 is 38.5 Å². The number of amides is 1. The fourth-order valence-electron chi connectivity index (χ4n) is 4.09. The fraction of sp³-hybridized carbons (Fsp3) is 0.714. The van der Waals surface area contributed by atoms with Gasteiger partial charge in [0.2, 0.25) is 6.79 Å². The number of aromatic nitrogens is 1. The molecular formula is C28H44N2O10. The van der Waals surface area contributed by atoms with Crippen molar-refractivity contribution in [2.45, 2.75) is 90.8 Å². The predicted molar refractivity (Wildman–Crippen MR) is 144 cm³/mol. The number of nitrogens with zero attached hydrogens (tertiary/aromatic N) is 1. The molecule has 2 rings (SSSR count). The fourth-order valence-corrected chi connectivity index (χ4v) is 4.09. The predicted octanol–water partition coefficient (Wildman–Crippen LogP) is 3.06. The zero-order valence-electron chi connectivity index (χ0n) is 24.6. The van der Waals surface area contributed by atoms with E-state index in [0.717, 1.165) is 0 Å². The number of carbonyl (C=O) groups is 3. The summed E-state index contributed by atoms with van der Waals surface area (Å²) in [6.07, 6.45) is 2.18. The van der Waals surface area contributed by atoms with E-state index >= 15 is 0 Å². The highest BCUT2D eigenvalue weighted by Gasteiger charge is 2.36. The molecule has 1 aromatic heterocycles. The summed E-state index contributed by atoms with van der Waals surface area (Å²) in [7, 11) is 3.05. The summed E-state index contributed by atoms with van der Waals surface area (Å²) in [5.74, 6) is -1.30. The maximum Gasteiger partial charge on any atom is 0.329 e. The molecule has 1 amide bonds. The molecule has 1 aliphatic heterocycles. The van der Waals surface area contributed by atoms with Crippen LogP contribution in [0, 0.1) is 5.92 Å². The van der Waals surface area contributed by atoms with Crippen LogP contribution in [0.25, 0.3) is 0 Å². The van der Waals surface area contributed by atoms with E-state index in [1.54, 1.807) is 14.0 Å². The van der Waals surface area contributed by atoms with Crippen LogP contribution in [0.4, 0.5) is 0 Å². The van der Waals surface area contributed by atoms with Gasteiger partial charge in [0.15, 0.2) is 17.2 Å². The van der Waals surface area contributed by atoms with E-state index in [4.69, 9.17) is 33.2 Å². The molecule has 0 radical (unpaired) electrons. The van der Waals surface area contributed by atoms with E-state index in [0.29, 0.717) is 44.8 Å². The van der Waals surface area contributed by atoms with Gasteiger partial charge in [-0.3, -0.25) is 9.59 Å². The lowest BCUT2D eigenvalue weighted by Gasteiger charge is -2.31. The average Bonchev–Trinajstić information content (AvgIpc) is 2.96. The number of nitrogens with one attached hydrogen (secondary N) is 1. The molecule has 1 fully saturated rings. The molecule has 1 unspecified atom stereocenters. The van der Waals surface area contributed by atoms with Crippen molar-refractivity contribution in [3.8, 4) is 11.5 Å². The van der Waals surface area contributed by atoms with Crippen LogP contribution in [0.5, 0.6) is 11.5 Å². The van der Waals surface area contributed by atoms with Gasteiger partial charge in [-0.25, -0.2) is 9.78 Å². The van der Waals surface area contributed by atoms with Gasteiger partial charge in [0, 0.05) is 39.5 Å². The zero-order valence-corrected chi connectivity index (χ0v) is 24.6. The molecule has 1 aromatic rings. The summed E-state index contributed by atoms with van der Waals surface area (Å²) >= 11 is 0. The first-order chi connectivity index (χ1) is 19.1. The van der Waals surface area contributed by atoms with Crippen LogP contribution in [0.3, 0.4) is 0 Å². The topological polar surface area (TPSA) is 141 Å². The normalized spacial score (nSPS) is 22.4. The van der Waals surface area contributed by atoms with Gasteiger partial charge >= 0.3 is 11.9 Å². The molecule has 226 valence electrons. The first kappa shape index (κ1) is 33.2. The number of rotatable bonds is 14. The lowest BCUT2D eigenvalue weighted by Crippen LogP contribution is -2.46. The molecule has 12 heteroatoms. The molecule has 1 aliphatic rings. The maximum atomic E-state index is 13.3. The second-order valence-corrected chi connectivity index (χ2v) is 10.1. The Hall–Kier alpha value is -2.96. The average molecular weight is 569 g/mol. The molecular weight excluding hydrogens is 524 g/mol. The van der Waals surface area contributed by atoms with Gasteiger partial charge in [0.25, 0.3) is 5.91 Å². The first-order valence-corrected chi connectivity index (χ1v) is 13.6. The molecule has 1 saturated heterocycles. The Morgan fingerprint density at radius 2 is 1.93 bits per heavy atom. The minimum Gasteiger partial charge on any atom is -0.493 e. The third kappa shape index (κ3) is 10.5. The van der Waals surface area contributed by atoms with E-state index in [9.17, 15) is 14.4 Å². The third-order valence-electron chi connectivity index (χ3n) is 6.35. The Morgan fingerprint density at radius 3 is 2.58 bits per heavy atom. The molecule has 2 heterocycles. The van der Waals surface area contributed by atoms with Crippen molar-refractivity contribution in [2.24, 2.45) is 5.92 Å². The standard InChI is InChI=1S/C28H44N2O10/c1-17(2)15-37-23-10-8-9-21(28(33)40-19(4)25(23)36-14-12-18(3)34-6)30-27(32)24-26(39-16-38-20(5)31)22(35-7)11-13-29-24/h11,13,17-19,21,23,25H,8-10,12,14-16H2,1-7H3,(H,30,32)/t18?,19-,21-,23-,25-/m0/s1. The highest BCUT2D eigenvalue weighted by Crippen LogP contribution is 2.30. The number of pyridine rings is 1. The number of methoxy groups -OCH3 is 2. The highest BCUT2D eigenvalue weighted by molar-refractivity contribution is 5.98. The number of hydrogen-bond donors (Lipinski definition) is 1. The molecule has 5 atom stereocenters. The van der Waals surface area contributed by atoms with Gasteiger partial charge in [-0.15, -0.1) is 0 Å². The van der Waals surface area contributed by atoms with Crippen LogP contribution >= 0.6 is 0 Å². The van der Waals surface area contributed by atoms with Gasteiger partial charge in [-0.05, 0) is 45.4 Å². The molecule has 1 N–H and O–H groups in total. The van der Waals surface area contributed by atoms with Gasteiger partial charge in [-0.2, -0.15) is 0 Å². The Bertz CT molecular complexity index is 957. The van der Waals surface area contributed by atoms with Crippen molar-refractivity contribution >= 4 is 17.8 Å². The van der Waals surface area contributed by atoms with E-state index in [-0.39, 0.29) is 29.4 Å². The van der Waals surface area contributed by atoms with Crippen molar-refractivity contribution in [2.75, 3.05) is 34.2 Å². The molecule has 0 spiro atoms. The van der Waals surface area contributed by atoms with E-state index < -0.39 is 42.9 Å². The van der Waals surface area contributed by atoms with Crippen LogP contribution in [0.1, 0.15) is 70.8 Å². The molecule has 0 aromatic carbocycles. The lowest BCUT2D eigenvalue weighted by atomic mass is 10.0. The number of carbonyl (C=O) groups excluding carboxylic acids is 3. The second kappa shape index (κ2) is 17.0. The minimum absolute atomic E-state index is 0.0190. The van der Waals surface area contributed by atoms with Crippen molar-refractivity contribution in [1.29, 1.82) is 0 Å². The molecule has 0 saturated carbocycles. The van der Waals surface area contributed by atoms with Crippen molar-refractivity contribution in [3.05, 3.63) is 18.0 Å². The van der Waals surface area contributed by atoms with Crippen molar-refractivity contribution < 1.29 is 47.5 Å². The first-order valence-electron chi connectivity index (χ1n) is 13.6. The highest BCUT2D eigenvalue weighted by atomic mass is 16.7. The van der Waals surface area contributed by atoms with Crippen LogP contribution in [0.15, 0.2) is 12.3 Å². The Kier molecular flexibility index (Phi) is 14.1. The molecule has 40 heavy (non-hydrogen) atoms. The summed E-state index contributed by atoms with van der Waals surface area (Å²) in [5, 5.41) is 2.72. The Labute approximate surface area is 236 Å². The summed E-state index contributed by atoms with van der Waals surface area (Å²) in [4.78, 5) is 41.7. The Balaban J connectivity index is 2.19. The summed E-state index contributed by atoms with van der Waals surface area (Å²) in [6.45, 7) is 9.60. The lowest BCUT2D eigenvalue weighted by molar-refractivity contribution is -0.169. The summed E-state index contributed by atoms with van der Waals surface area (Å²) in [6, 6.07) is 0.558. The van der Waals surface area contributed by atoms with Crippen molar-refractivity contribution in [1.82, 2.24) is 10.3 Å². The number of hydrogen-bond acceptors (Lipinski definition) is 11. The summed E-state index contributed by atoms with van der Waals surface area (Å²) in [5.41, 5.74) is -0.126. The van der Waals surface area contributed by atoms with Crippen LogP contribution in [0.2, 0.25) is 0 Å². The monoisotopic (exact) mass is 568 g/mol. The summed E-state index contributed by atoms with van der Waals surface area (Å²) < 4.78 is 39.1. The van der Waals surface area contributed by atoms with E-state index in [1.807, 2.05) is 6.92 Å². The number of ether oxygens (including phenoxy) is 7. The van der Waals surface area contributed by atoms with Gasteiger partial charge in [-0.1, -0.05) is 13.8 Å². The maximum absolute atomic E-state index is 13.3. The minimum atomic E-state index is -0.942. The number of esters is 2. The van der Waals surface area contributed by atoms with Crippen LogP contribution in [-0.2, 0) is 33.3 Å². The van der Waals surface area contributed by atoms with Gasteiger partial charge in [0.1, 0.15) is 18.2 Å². The van der Waals surface area contributed by atoms with Crippen molar-refractivity contribution in [3.63, 3.8) is 0 Å². The number of cyclic esters (lactones) is 1.